The Morgan fingerprint density at radius 3 is 2.54 bits per heavy atom. The first-order valence-electron chi connectivity index (χ1n) is 8.77. The van der Waals surface area contributed by atoms with Crippen LogP contribution in [0.3, 0.4) is 0 Å². The van der Waals surface area contributed by atoms with Crippen molar-refractivity contribution >= 4 is 22.9 Å². The first-order chi connectivity index (χ1) is 12.6. The Bertz CT molecular complexity index is 910. The van der Waals surface area contributed by atoms with Gasteiger partial charge in [0.15, 0.2) is 0 Å². The zero-order chi connectivity index (χ0) is 18.5. The molecule has 0 bridgehead atoms. The van der Waals surface area contributed by atoms with Crippen molar-refractivity contribution in [2.75, 3.05) is 20.6 Å². The quantitative estimate of drug-likeness (QED) is 0.692. The number of nitrogens with zero attached hydrogens (tertiary/aromatic N) is 2. The number of nitrogens with one attached hydrogen (secondary N) is 1. The normalized spacial score (nSPS) is 12.8. The lowest BCUT2D eigenvalue weighted by molar-refractivity contribution is -0.116. The Kier molecular flexibility index (Phi) is 5.54. The van der Waals surface area contributed by atoms with Crippen molar-refractivity contribution in [2.45, 2.75) is 6.04 Å². The molecule has 3 rings (SSSR count). The fourth-order valence-electron chi connectivity index (χ4n) is 3.20. The Labute approximate surface area is 154 Å². The summed E-state index contributed by atoms with van der Waals surface area (Å²) in [6.45, 7) is 0.555. The van der Waals surface area contributed by atoms with Crippen molar-refractivity contribution in [3.05, 3.63) is 78.0 Å². The molecular formula is C22H25N3O. The summed E-state index contributed by atoms with van der Waals surface area (Å²) < 4.78 is 2.14. The van der Waals surface area contributed by atoms with Crippen LogP contribution in [-0.4, -0.2) is 36.0 Å². The van der Waals surface area contributed by atoms with Crippen LogP contribution < -0.4 is 5.32 Å². The van der Waals surface area contributed by atoms with Crippen LogP contribution in [0.2, 0.25) is 0 Å². The molecular weight excluding hydrogens is 322 g/mol. The first-order valence-corrected chi connectivity index (χ1v) is 8.77. The van der Waals surface area contributed by atoms with Crippen molar-refractivity contribution in [1.29, 1.82) is 0 Å². The van der Waals surface area contributed by atoms with Crippen molar-refractivity contribution < 1.29 is 4.79 Å². The van der Waals surface area contributed by atoms with Crippen LogP contribution in [0, 0.1) is 0 Å². The van der Waals surface area contributed by atoms with E-state index in [1.807, 2.05) is 56.6 Å². The molecule has 0 radical (unpaired) electrons. The fourth-order valence-corrected chi connectivity index (χ4v) is 3.20. The third-order valence-electron chi connectivity index (χ3n) is 4.61. The van der Waals surface area contributed by atoms with Gasteiger partial charge in [0.05, 0.1) is 6.04 Å². The third kappa shape index (κ3) is 4.03. The summed E-state index contributed by atoms with van der Waals surface area (Å²) in [6, 6.07) is 18.3. The van der Waals surface area contributed by atoms with Gasteiger partial charge < -0.3 is 14.8 Å². The number of aromatic nitrogens is 1. The van der Waals surface area contributed by atoms with E-state index in [1.54, 1.807) is 6.08 Å². The van der Waals surface area contributed by atoms with Gasteiger partial charge in [0.1, 0.15) is 0 Å². The minimum absolute atomic E-state index is 0.0825. The van der Waals surface area contributed by atoms with Gasteiger partial charge in [-0.3, -0.25) is 4.79 Å². The lowest BCUT2D eigenvalue weighted by Gasteiger charge is -2.24. The van der Waals surface area contributed by atoms with Crippen LogP contribution >= 0.6 is 0 Å². The largest absolute Gasteiger partial charge is 0.351 e. The van der Waals surface area contributed by atoms with Gasteiger partial charge in [-0.15, -0.1) is 0 Å². The summed E-state index contributed by atoms with van der Waals surface area (Å²) in [7, 11) is 6.14. The van der Waals surface area contributed by atoms with Crippen LogP contribution in [0.5, 0.6) is 0 Å². The Morgan fingerprint density at radius 1 is 1.12 bits per heavy atom. The number of amides is 1. The second-order valence-electron chi connectivity index (χ2n) is 6.68. The molecule has 4 nitrogen and oxygen atoms in total. The van der Waals surface area contributed by atoms with E-state index in [9.17, 15) is 4.79 Å². The van der Waals surface area contributed by atoms with Gasteiger partial charge in [-0.2, -0.15) is 0 Å². The number of likely N-dealkylation sites (N-methyl/N-ethyl adjacent to an activating group) is 1. The molecule has 0 fully saturated rings. The number of carbonyl (C=O) groups excluding carboxylic acids is 1. The summed E-state index contributed by atoms with van der Waals surface area (Å²) in [5.74, 6) is -0.0825. The third-order valence-corrected chi connectivity index (χ3v) is 4.61. The van der Waals surface area contributed by atoms with E-state index >= 15 is 0 Å². The summed E-state index contributed by atoms with van der Waals surface area (Å²) in [5, 5.41) is 4.25. The van der Waals surface area contributed by atoms with Crippen molar-refractivity contribution in [3.8, 4) is 0 Å². The Morgan fingerprint density at radius 2 is 1.81 bits per heavy atom. The van der Waals surface area contributed by atoms with E-state index in [4.69, 9.17) is 0 Å². The molecule has 1 aromatic heterocycles. The van der Waals surface area contributed by atoms with Crippen LogP contribution in [0.15, 0.2) is 66.9 Å². The van der Waals surface area contributed by atoms with E-state index in [2.05, 4.69) is 46.2 Å². The molecule has 0 spiro atoms. The number of rotatable bonds is 6. The van der Waals surface area contributed by atoms with Gasteiger partial charge in [-0.1, -0.05) is 48.5 Å². The smallest absolute Gasteiger partial charge is 0.244 e. The highest BCUT2D eigenvalue weighted by Crippen LogP contribution is 2.28. The molecule has 3 aromatic rings. The van der Waals surface area contributed by atoms with E-state index in [1.165, 1.54) is 16.5 Å². The zero-order valence-electron chi connectivity index (χ0n) is 15.5. The predicted molar refractivity (Wildman–Crippen MR) is 108 cm³/mol. The number of para-hydroxylation sites is 1. The maximum Gasteiger partial charge on any atom is 0.244 e. The Balaban J connectivity index is 1.73. The molecule has 1 N–H and O–H groups in total. The second-order valence-corrected chi connectivity index (χ2v) is 6.68. The number of hydrogen-bond acceptors (Lipinski definition) is 2. The topological polar surface area (TPSA) is 37.3 Å². The van der Waals surface area contributed by atoms with E-state index in [0.717, 1.165) is 5.56 Å². The van der Waals surface area contributed by atoms with Gasteiger partial charge in [0, 0.05) is 36.8 Å². The molecule has 1 amide bonds. The molecule has 26 heavy (non-hydrogen) atoms. The van der Waals surface area contributed by atoms with Gasteiger partial charge in [0.2, 0.25) is 5.91 Å². The standard InChI is InChI=1S/C22H25N3O/c1-24(2)21(19-16-25(3)20-12-8-7-11-18(19)20)15-23-22(26)14-13-17-9-5-4-6-10-17/h4-14,16,21H,15H2,1-3H3,(H,23,26)/b14-13+. The molecule has 1 unspecified atom stereocenters. The molecule has 0 aliphatic heterocycles. The molecule has 134 valence electrons. The average Bonchev–Trinajstić information content (AvgIpc) is 2.98. The molecule has 4 heteroatoms. The molecule has 0 saturated heterocycles. The van der Waals surface area contributed by atoms with Gasteiger partial charge in [-0.25, -0.2) is 0 Å². The van der Waals surface area contributed by atoms with Crippen molar-refractivity contribution in [1.82, 2.24) is 14.8 Å². The van der Waals surface area contributed by atoms with Gasteiger partial charge in [-0.05, 0) is 37.4 Å². The average molecular weight is 347 g/mol. The number of fused-ring (bicyclic) bond motifs is 1. The molecule has 1 atom stereocenters. The van der Waals surface area contributed by atoms with Crippen molar-refractivity contribution in [2.24, 2.45) is 7.05 Å². The highest BCUT2D eigenvalue weighted by atomic mass is 16.1. The zero-order valence-corrected chi connectivity index (χ0v) is 15.5. The number of hydrogen-bond donors (Lipinski definition) is 1. The van der Waals surface area contributed by atoms with Gasteiger partial charge >= 0.3 is 0 Å². The fraction of sp³-hybridized carbons (Fsp3) is 0.227. The second kappa shape index (κ2) is 8.02. The summed E-state index contributed by atoms with van der Waals surface area (Å²) in [4.78, 5) is 14.4. The van der Waals surface area contributed by atoms with Crippen LogP contribution in [0.25, 0.3) is 17.0 Å². The lowest BCUT2D eigenvalue weighted by atomic mass is 10.0. The van der Waals surface area contributed by atoms with E-state index in [0.29, 0.717) is 6.54 Å². The van der Waals surface area contributed by atoms with E-state index in [-0.39, 0.29) is 11.9 Å². The molecule has 2 aromatic carbocycles. The van der Waals surface area contributed by atoms with Crippen molar-refractivity contribution in [3.63, 3.8) is 0 Å². The predicted octanol–water partition coefficient (Wildman–Crippen LogP) is 3.61. The highest BCUT2D eigenvalue weighted by Gasteiger charge is 2.19. The molecule has 0 aliphatic rings. The van der Waals surface area contributed by atoms with E-state index < -0.39 is 0 Å². The SMILES string of the molecule is CN(C)C(CNC(=O)/C=C/c1ccccc1)c1cn(C)c2ccccc12. The summed E-state index contributed by atoms with van der Waals surface area (Å²) in [5.41, 5.74) is 3.44. The minimum atomic E-state index is -0.0825. The molecule has 1 heterocycles. The summed E-state index contributed by atoms with van der Waals surface area (Å²) in [6.07, 6.45) is 5.57. The lowest BCUT2D eigenvalue weighted by Crippen LogP contribution is -2.33. The maximum atomic E-state index is 12.2. The monoisotopic (exact) mass is 347 g/mol. The maximum absolute atomic E-state index is 12.2. The van der Waals surface area contributed by atoms with Gasteiger partial charge in [0.25, 0.3) is 0 Å². The minimum Gasteiger partial charge on any atom is -0.351 e. The van der Waals surface area contributed by atoms with Crippen LogP contribution in [-0.2, 0) is 11.8 Å². The first kappa shape index (κ1) is 18.0. The molecule has 0 aliphatic carbocycles. The summed E-state index contributed by atoms with van der Waals surface area (Å²) >= 11 is 0. The highest BCUT2D eigenvalue weighted by molar-refractivity contribution is 5.91. The molecule has 0 saturated carbocycles. The Hall–Kier alpha value is -2.85. The number of benzene rings is 2. The number of aryl methyl sites for hydroxylation is 1. The van der Waals surface area contributed by atoms with Crippen LogP contribution in [0.1, 0.15) is 17.2 Å². The number of carbonyl (C=O) groups is 1. The van der Waals surface area contributed by atoms with Crippen LogP contribution in [0.4, 0.5) is 0 Å².